The Labute approximate surface area is 96.7 Å². The number of carbonyl (C=O) groups is 1. The van der Waals surface area contributed by atoms with Gasteiger partial charge in [0.1, 0.15) is 0 Å². The van der Waals surface area contributed by atoms with Crippen LogP contribution in [0.1, 0.15) is 18.1 Å². The van der Waals surface area contributed by atoms with Crippen molar-refractivity contribution in [2.75, 3.05) is 0 Å². The van der Waals surface area contributed by atoms with Gasteiger partial charge in [-0.1, -0.05) is 48.1 Å². The van der Waals surface area contributed by atoms with Crippen LogP contribution in [-0.2, 0) is 11.3 Å². The third-order valence-electron chi connectivity index (χ3n) is 2.14. The van der Waals surface area contributed by atoms with E-state index >= 15 is 0 Å². The van der Waals surface area contributed by atoms with Gasteiger partial charge in [0.25, 0.3) is 0 Å². The number of allylic oxidation sites excluding steroid dienone is 3. The summed E-state index contributed by atoms with van der Waals surface area (Å²) in [5.41, 5.74) is 2.33. The van der Waals surface area contributed by atoms with Crippen molar-refractivity contribution in [3.8, 4) is 0 Å². The molecule has 0 spiro atoms. The van der Waals surface area contributed by atoms with Gasteiger partial charge in [0, 0.05) is 12.6 Å². The average molecular weight is 215 g/mol. The van der Waals surface area contributed by atoms with E-state index in [1.165, 1.54) is 11.6 Å². The van der Waals surface area contributed by atoms with E-state index < -0.39 is 0 Å². The zero-order valence-corrected chi connectivity index (χ0v) is 9.73. The van der Waals surface area contributed by atoms with Gasteiger partial charge in [0.15, 0.2) is 0 Å². The average Bonchev–Trinajstić information content (AvgIpc) is 2.29. The van der Waals surface area contributed by atoms with Crippen LogP contribution in [0.3, 0.4) is 0 Å². The predicted molar refractivity (Wildman–Crippen MR) is 67.0 cm³/mol. The number of amides is 1. The van der Waals surface area contributed by atoms with E-state index in [-0.39, 0.29) is 5.91 Å². The normalized spacial score (nSPS) is 11.1. The molecule has 1 aromatic rings. The van der Waals surface area contributed by atoms with Gasteiger partial charge in [0.05, 0.1) is 0 Å². The summed E-state index contributed by atoms with van der Waals surface area (Å²) in [4.78, 5) is 11.3. The third kappa shape index (κ3) is 4.60. The fourth-order valence-corrected chi connectivity index (χ4v) is 1.21. The first-order valence-corrected chi connectivity index (χ1v) is 5.35. The summed E-state index contributed by atoms with van der Waals surface area (Å²) in [6, 6.07) is 8.12. The molecule has 0 aliphatic heterocycles. The number of rotatable bonds is 4. The lowest BCUT2D eigenvalue weighted by Crippen LogP contribution is -2.20. The Morgan fingerprint density at radius 1 is 1.25 bits per heavy atom. The maximum Gasteiger partial charge on any atom is 0.244 e. The summed E-state index contributed by atoms with van der Waals surface area (Å²) in [6.45, 7) is 4.52. The summed E-state index contributed by atoms with van der Waals surface area (Å²) in [6.07, 6.45) is 6.95. The highest BCUT2D eigenvalue weighted by Crippen LogP contribution is 2.02. The molecule has 0 saturated heterocycles. The molecule has 1 rings (SSSR count). The number of aryl methyl sites for hydroxylation is 1. The molecule has 0 radical (unpaired) electrons. The van der Waals surface area contributed by atoms with E-state index in [1.54, 1.807) is 6.08 Å². The van der Waals surface area contributed by atoms with Gasteiger partial charge < -0.3 is 5.32 Å². The van der Waals surface area contributed by atoms with E-state index in [2.05, 4.69) is 5.32 Å². The van der Waals surface area contributed by atoms with Crippen LogP contribution in [-0.4, -0.2) is 5.91 Å². The smallest absolute Gasteiger partial charge is 0.244 e. The lowest BCUT2D eigenvalue weighted by Gasteiger charge is -2.02. The van der Waals surface area contributed by atoms with Gasteiger partial charge >= 0.3 is 0 Å². The van der Waals surface area contributed by atoms with Crippen molar-refractivity contribution in [1.82, 2.24) is 5.32 Å². The van der Waals surface area contributed by atoms with Crippen LogP contribution in [0.25, 0.3) is 0 Å². The molecule has 0 aromatic heterocycles. The van der Waals surface area contributed by atoms with E-state index in [9.17, 15) is 4.79 Å². The molecule has 0 aliphatic rings. The fraction of sp³-hybridized carbons (Fsp3) is 0.214. The molecule has 0 heterocycles. The standard InChI is InChI=1S/C14H17NO/c1-3-4-5-6-14(16)15-11-13-9-7-12(2)8-10-13/h3-10H,11H2,1-2H3,(H,15,16)/b4-3+,6-5+. The van der Waals surface area contributed by atoms with E-state index in [4.69, 9.17) is 0 Å². The minimum absolute atomic E-state index is 0.0707. The summed E-state index contributed by atoms with van der Waals surface area (Å²) >= 11 is 0. The molecule has 84 valence electrons. The molecular weight excluding hydrogens is 198 g/mol. The number of benzene rings is 1. The second-order valence-corrected chi connectivity index (χ2v) is 3.59. The predicted octanol–water partition coefficient (Wildman–Crippen LogP) is 2.74. The summed E-state index contributed by atoms with van der Waals surface area (Å²) in [5, 5.41) is 2.82. The van der Waals surface area contributed by atoms with E-state index in [0.29, 0.717) is 6.54 Å². The molecular formula is C14H17NO. The van der Waals surface area contributed by atoms with Crippen molar-refractivity contribution in [1.29, 1.82) is 0 Å². The summed E-state index contributed by atoms with van der Waals surface area (Å²) in [7, 11) is 0. The van der Waals surface area contributed by atoms with Crippen molar-refractivity contribution in [2.45, 2.75) is 20.4 Å². The maximum atomic E-state index is 11.3. The van der Waals surface area contributed by atoms with Crippen LogP contribution in [0.5, 0.6) is 0 Å². The van der Waals surface area contributed by atoms with Crippen molar-refractivity contribution in [3.05, 3.63) is 59.7 Å². The van der Waals surface area contributed by atoms with Crippen molar-refractivity contribution in [3.63, 3.8) is 0 Å². The quantitative estimate of drug-likeness (QED) is 0.607. The first kappa shape index (κ1) is 12.2. The van der Waals surface area contributed by atoms with Gasteiger partial charge in [-0.2, -0.15) is 0 Å². The van der Waals surface area contributed by atoms with Crippen molar-refractivity contribution >= 4 is 5.91 Å². The van der Waals surface area contributed by atoms with E-state index in [0.717, 1.165) is 5.56 Å². The number of hydrogen-bond acceptors (Lipinski definition) is 1. The van der Waals surface area contributed by atoms with Crippen LogP contribution in [0.4, 0.5) is 0 Å². The SMILES string of the molecule is C/C=C/C=C/C(=O)NCc1ccc(C)cc1. The van der Waals surface area contributed by atoms with Crippen molar-refractivity contribution in [2.24, 2.45) is 0 Å². The Kier molecular flexibility index (Phi) is 5.06. The van der Waals surface area contributed by atoms with Gasteiger partial charge in [-0.3, -0.25) is 4.79 Å². The maximum absolute atomic E-state index is 11.3. The molecule has 0 atom stereocenters. The highest BCUT2D eigenvalue weighted by Gasteiger charge is 1.95. The fourth-order valence-electron chi connectivity index (χ4n) is 1.21. The molecule has 1 amide bonds. The second-order valence-electron chi connectivity index (χ2n) is 3.59. The highest BCUT2D eigenvalue weighted by molar-refractivity contribution is 5.87. The van der Waals surface area contributed by atoms with Crippen LogP contribution in [0.15, 0.2) is 48.6 Å². The largest absolute Gasteiger partial charge is 0.348 e. The number of hydrogen-bond donors (Lipinski definition) is 1. The van der Waals surface area contributed by atoms with Crippen LogP contribution < -0.4 is 5.32 Å². The second kappa shape index (κ2) is 6.62. The molecule has 0 bridgehead atoms. The minimum atomic E-state index is -0.0707. The van der Waals surface area contributed by atoms with Crippen LogP contribution in [0, 0.1) is 6.92 Å². The molecule has 0 unspecified atom stereocenters. The lowest BCUT2D eigenvalue weighted by molar-refractivity contribution is -0.116. The Morgan fingerprint density at radius 2 is 1.94 bits per heavy atom. The van der Waals surface area contributed by atoms with Gasteiger partial charge in [-0.05, 0) is 19.4 Å². The third-order valence-corrected chi connectivity index (χ3v) is 2.14. The molecule has 2 heteroatoms. The van der Waals surface area contributed by atoms with E-state index in [1.807, 2.05) is 50.3 Å². The molecule has 1 aromatic carbocycles. The van der Waals surface area contributed by atoms with Crippen LogP contribution in [0.2, 0.25) is 0 Å². The number of nitrogens with one attached hydrogen (secondary N) is 1. The Bertz CT molecular complexity index is 388. The molecule has 1 N–H and O–H groups in total. The Hall–Kier alpha value is -1.83. The highest BCUT2D eigenvalue weighted by atomic mass is 16.1. The number of carbonyl (C=O) groups excluding carboxylic acids is 1. The molecule has 2 nitrogen and oxygen atoms in total. The van der Waals surface area contributed by atoms with Gasteiger partial charge in [-0.15, -0.1) is 0 Å². The topological polar surface area (TPSA) is 29.1 Å². The first-order valence-electron chi connectivity index (χ1n) is 5.35. The first-order chi connectivity index (χ1) is 7.72. The molecule has 0 saturated carbocycles. The lowest BCUT2D eigenvalue weighted by atomic mass is 10.1. The zero-order chi connectivity index (χ0) is 11.8. The summed E-state index contributed by atoms with van der Waals surface area (Å²) in [5.74, 6) is -0.0707. The molecule has 0 aliphatic carbocycles. The van der Waals surface area contributed by atoms with Gasteiger partial charge in [0.2, 0.25) is 5.91 Å². The summed E-state index contributed by atoms with van der Waals surface area (Å²) < 4.78 is 0. The van der Waals surface area contributed by atoms with Gasteiger partial charge in [-0.25, -0.2) is 0 Å². The van der Waals surface area contributed by atoms with Crippen molar-refractivity contribution < 1.29 is 4.79 Å². The Morgan fingerprint density at radius 3 is 2.56 bits per heavy atom. The monoisotopic (exact) mass is 215 g/mol. The molecule has 16 heavy (non-hydrogen) atoms. The Balaban J connectivity index is 2.40. The minimum Gasteiger partial charge on any atom is -0.348 e. The zero-order valence-electron chi connectivity index (χ0n) is 9.73. The van der Waals surface area contributed by atoms with Crippen LogP contribution >= 0.6 is 0 Å². The molecule has 0 fully saturated rings.